The van der Waals surface area contributed by atoms with Crippen molar-refractivity contribution in [2.24, 2.45) is 0 Å². The monoisotopic (exact) mass is 339 g/mol. The molecular formula is C14H18BrN3O2. The summed E-state index contributed by atoms with van der Waals surface area (Å²) in [5.74, 6) is 0.800. The van der Waals surface area contributed by atoms with Gasteiger partial charge in [0, 0.05) is 18.7 Å². The van der Waals surface area contributed by atoms with Gasteiger partial charge in [0.2, 0.25) is 0 Å². The zero-order valence-electron chi connectivity index (χ0n) is 11.2. The highest BCUT2D eigenvalue weighted by molar-refractivity contribution is 8.93. The molecule has 0 radical (unpaired) electrons. The van der Waals surface area contributed by atoms with Gasteiger partial charge in [0.05, 0.1) is 12.8 Å². The van der Waals surface area contributed by atoms with E-state index in [0.717, 1.165) is 17.0 Å². The molecule has 0 spiro atoms. The Labute approximate surface area is 128 Å². The summed E-state index contributed by atoms with van der Waals surface area (Å²) >= 11 is 0. The Morgan fingerprint density at radius 1 is 1.20 bits per heavy atom. The van der Waals surface area contributed by atoms with Crippen LogP contribution in [0.5, 0.6) is 5.75 Å². The molecule has 0 saturated carbocycles. The van der Waals surface area contributed by atoms with Crippen LogP contribution in [0.15, 0.2) is 36.4 Å². The maximum absolute atomic E-state index is 8.85. The Morgan fingerprint density at radius 3 is 2.50 bits per heavy atom. The van der Waals surface area contributed by atoms with E-state index in [1.54, 1.807) is 17.9 Å². The van der Waals surface area contributed by atoms with Crippen molar-refractivity contribution >= 4 is 17.0 Å². The van der Waals surface area contributed by atoms with Crippen LogP contribution in [0, 0.1) is 5.41 Å². The molecule has 108 valence electrons. The molecule has 1 aromatic carbocycles. The van der Waals surface area contributed by atoms with Gasteiger partial charge in [0.15, 0.2) is 0 Å². The molecule has 0 fully saturated rings. The lowest BCUT2D eigenvalue weighted by Gasteiger charge is -2.08. The van der Waals surface area contributed by atoms with E-state index in [-0.39, 0.29) is 23.6 Å². The number of benzene rings is 1. The lowest BCUT2D eigenvalue weighted by atomic mass is 10.1. The number of methoxy groups -OCH3 is 1. The van der Waals surface area contributed by atoms with Crippen molar-refractivity contribution in [3.05, 3.63) is 41.9 Å². The third kappa shape index (κ3) is 3.91. The van der Waals surface area contributed by atoms with E-state index in [2.05, 4.69) is 5.10 Å². The van der Waals surface area contributed by atoms with E-state index in [9.17, 15) is 0 Å². The number of rotatable bonds is 5. The van der Waals surface area contributed by atoms with Gasteiger partial charge in [-0.1, -0.05) is 0 Å². The second kappa shape index (κ2) is 7.81. The second-order valence-corrected chi connectivity index (χ2v) is 4.13. The van der Waals surface area contributed by atoms with Crippen molar-refractivity contribution in [2.75, 3.05) is 13.7 Å². The highest BCUT2D eigenvalue weighted by Gasteiger charge is 2.02. The van der Waals surface area contributed by atoms with Gasteiger partial charge in [0.1, 0.15) is 11.2 Å². The van der Waals surface area contributed by atoms with E-state index in [1.165, 1.54) is 0 Å². The molecule has 0 aliphatic rings. The minimum absolute atomic E-state index is 0. The summed E-state index contributed by atoms with van der Waals surface area (Å²) in [5.41, 5.74) is 2.11. The lowest BCUT2D eigenvalue weighted by molar-refractivity contribution is 0.275. The van der Waals surface area contributed by atoms with E-state index >= 15 is 0 Å². The minimum atomic E-state index is 0. The molecule has 0 amide bonds. The van der Waals surface area contributed by atoms with Crippen LogP contribution in [-0.2, 0) is 6.54 Å². The van der Waals surface area contributed by atoms with Gasteiger partial charge < -0.3 is 9.84 Å². The molecule has 2 aromatic rings. The number of ether oxygens (including phenoxy) is 1. The number of hydrogen-bond donors (Lipinski definition) is 2. The molecule has 0 aliphatic heterocycles. The number of aromatic nitrogens is 2. The Bertz CT molecular complexity index is 596. The predicted octanol–water partition coefficient (Wildman–Crippen LogP) is 2.00. The van der Waals surface area contributed by atoms with Gasteiger partial charge in [0.25, 0.3) is 0 Å². The van der Waals surface area contributed by atoms with Crippen LogP contribution in [0.3, 0.4) is 0 Å². The number of hydrogen-bond acceptors (Lipinski definition) is 4. The summed E-state index contributed by atoms with van der Waals surface area (Å²) in [5, 5.41) is 21.0. The first-order chi connectivity index (χ1) is 9.24. The molecule has 20 heavy (non-hydrogen) atoms. The summed E-state index contributed by atoms with van der Waals surface area (Å²) in [6.45, 7) is 0.639. The molecule has 0 unspecified atom stereocenters. The van der Waals surface area contributed by atoms with Crippen molar-refractivity contribution in [3.63, 3.8) is 0 Å². The Balaban J connectivity index is 0.00000200. The normalized spacial score (nSPS) is 9.90. The lowest BCUT2D eigenvalue weighted by Crippen LogP contribution is -2.23. The zero-order chi connectivity index (χ0) is 13.7. The predicted molar refractivity (Wildman–Crippen MR) is 82.1 cm³/mol. The van der Waals surface area contributed by atoms with E-state index in [4.69, 9.17) is 15.3 Å². The van der Waals surface area contributed by atoms with Crippen LogP contribution < -0.4 is 10.2 Å². The van der Waals surface area contributed by atoms with E-state index in [0.29, 0.717) is 18.5 Å². The Kier molecular flexibility index (Phi) is 6.41. The Hall–Kier alpha value is -1.66. The average Bonchev–Trinajstić information content (AvgIpc) is 2.46. The van der Waals surface area contributed by atoms with Gasteiger partial charge in [-0.05, 0) is 42.8 Å². The molecular weight excluding hydrogens is 322 g/mol. The van der Waals surface area contributed by atoms with Gasteiger partial charge in [-0.15, -0.1) is 17.0 Å². The van der Waals surface area contributed by atoms with Crippen molar-refractivity contribution < 1.29 is 9.84 Å². The maximum Gasteiger partial charge on any atom is 0.141 e. The number of aliphatic hydroxyl groups excluding tert-OH is 1. The van der Waals surface area contributed by atoms with Crippen LogP contribution in [0.1, 0.15) is 6.42 Å². The SMILES string of the molecule is Br.COc1ccc(-c2ccc(=N)n(CCCO)n2)cc1. The largest absolute Gasteiger partial charge is 0.497 e. The second-order valence-electron chi connectivity index (χ2n) is 4.13. The summed E-state index contributed by atoms with van der Waals surface area (Å²) in [4.78, 5) is 0. The highest BCUT2D eigenvalue weighted by Crippen LogP contribution is 2.19. The summed E-state index contributed by atoms with van der Waals surface area (Å²) < 4.78 is 6.71. The third-order valence-corrected chi connectivity index (χ3v) is 2.82. The minimum Gasteiger partial charge on any atom is -0.497 e. The summed E-state index contributed by atoms with van der Waals surface area (Å²) in [7, 11) is 1.63. The molecule has 6 heteroatoms. The Morgan fingerprint density at radius 2 is 1.90 bits per heavy atom. The summed E-state index contributed by atoms with van der Waals surface area (Å²) in [6.07, 6.45) is 0.593. The fourth-order valence-electron chi connectivity index (χ4n) is 1.77. The zero-order valence-corrected chi connectivity index (χ0v) is 13.0. The van der Waals surface area contributed by atoms with Crippen LogP contribution in [0.2, 0.25) is 0 Å². The first kappa shape index (κ1) is 16.4. The van der Waals surface area contributed by atoms with E-state index in [1.807, 2.05) is 30.3 Å². The van der Waals surface area contributed by atoms with Gasteiger partial charge >= 0.3 is 0 Å². The quantitative estimate of drug-likeness (QED) is 0.875. The van der Waals surface area contributed by atoms with Crippen LogP contribution in [0.25, 0.3) is 11.3 Å². The molecule has 0 atom stereocenters. The van der Waals surface area contributed by atoms with Gasteiger partial charge in [-0.3, -0.25) is 5.41 Å². The number of halogens is 1. The maximum atomic E-state index is 8.85. The molecule has 2 N–H and O–H groups in total. The molecule has 5 nitrogen and oxygen atoms in total. The number of nitrogens with zero attached hydrogens (tertiary/aromatic N) is 2. The van der Waals surface area contributed by atoms with E-state index < -0.39 is 0 Å². The molecule has 0 bridgehead atoms. The van der Waals surface area contributed by atoms with Crippen LogP contribution in [0.4, 0.5) is 0 Å². The van der Waals surface area contributed by atoms with Gasteiger partial charge in [-0.25, -0.2) is 4.68 Å². The van der Waals surface area contributed by atoms with Crippen LogP contribution >= 0.6 is 17.0 Å². The van der Waals surface area contributed by atoms with Crippen molar-refractivity contribution in [2.45, 2.75) is 13.0 Å². The van der Waals surface area contributed by atoms with Gasteiger partial charge in [-0.2, -0.15) is 5.10 Å². The number of aryl methyl sites for hydroxylation is 1. The number of aliphatic hydroxyl groups is 1. The fraction of sp³-hybridized carbons (Fsp3) is 0.286. The fourth-order valence-corrected chi connectivity index (χ4v) is 1.77. The number of nitrogens with one attached hydrogen (secondary N) is 1. The molecule has 1 aromatic heterocycles. The summed E-state index contributed by atoms with van der Waals surface area (Å²) in [6, 6.07) is 11.2. The van der Waals surface area contributed by atoms with Crippen molar-refractivity contribution in [3.8, 4) is 17.0 Å². The third-order valence-electron chi connectivity index (χ3n) is 2.82. The molecule has 0 saturated heterocycles. The van der Waals surface area contributed by atoms with Crippen molar-refractivity contribution in [1.29, 1.82) is 5.41 Å². The topological polar surface area (TPSA) is 71.1 Å². The molecule has 2 rings (SSSR count). The highest BCUT2D eigenvalue weighted by atomic mass is 79.9. The van der Waals surface area contributed by atoms with Crippen LogP contribution in [-0.4, -0.2) is 28.6 Å². The molecule has 0 aliphatic carbocycles. The first-order valence-electron chi connectivity index (χ1n) is 6.12. The average molecular weight is 340 g/mol. The smallest absolute Gasteiger partial charge is 0.141 e. The van der Waals surface area contributed by atoms with Crippen molar-refractivity contribution in [1.82, 2.24) is 9.78 Å². The molecule has 1 heterocycles. The standard InChI is InChI=1S/C14H17N3O2.BrH/c1-19-12-5-3-11(4-6-12)13-7-8-14(15)17(16-13)9-2-10-18;/h3-8,15,18H,2,9-10H2,1H3;1H. The first-order valence-corrected chi connectivity index (χ1v) is 6.12.